The first-order valence-corrected chi connectivity index (χ1v) is 11.1. The summed E-state index contributed by atoms with van der Waals surface area (Å²) in [6.07, 6.45) is 4.96. The maximum atomic E-state index is 14.3. The molecule has 0 saturated carbocycles. The quantitative estimate of drug-likeness (QED) is 0.550. The number of methoxy groups -OCH3 is 1. The lowest BCUT2D eigenvalue weighted by molar-refractivity contribution is 0.0382. The number of aromatic nitrogens is 3. The Labute approximate surface area is 190 Å². The average Bonchev–Trinajstić information content (AvgIpc) is 3.24. The monoisotopic (exact) mass is 456 g/mol. The summed E-state index contributed by atoms with van der Waals surface area (Å²) in [4.78, 5) is 9.31. The van der Waals surface area contributed by atoms with Crippen molar-refractivity contribution in [1.82, 2.24) is 19.9 Å². The largest absolute Gasteiger partial charge is 0.485 e. The number of halogens is 2. The van der Waals surface area contributed by atoms with Gasteiger partial charge in [0.2, 0.25) is 0 Å². The van der Waals surface area contributed by atoms with Crippen LogP contribution in [0.5, 0.6) is 5.75 Å². The highest BCUT2D eigenvalue weighted by Crippen LogP contribution is 2.32. The van der Waals surface area contributed by atoms with E-state index in [2.05, 4.69) is 10.3 Å². The first-order chi connectivity index (χ1) is 16.1. The molecular weight excluding hydrogens is 430 g/mol. The molecule has 0 radical (unpaired) electrons. The summed E-state index contributed by atoms with van der Waals surface area (Å²) in [6, 6.07) is 6.31. The highest BCUT2D eigenvalue weighted by atomic mass is 19.1. The van der Waals surface area contributed by atoms with Gasteiger partial charge in [-0.2, -0.15) is 0 Å². The first-order valence-electron chi connectivity index (χ1n) is 11.1. The Balaban J connectivity index is 1.44. The molecule has 3 aromatic rings. The molecule has 9 heteroatoms. The van der Waals surface area contributed by atoms with Gasteiger partial charge in [-0.15, -0.1) is 0 Å². The molecule has 1 saturated heterocycles. The number of hydrogen-bond donors (Lipinski definition) is 1. The van der Waals surface area contributed by atoms with Gasteiger partial charge in [0.15, 0.2) is 0 Å². The fraction of sp³-hybridized carbons (Fsp3) is 0.417. The first kappa shape index (κ1) is 21.9. The molecule has 5 rings (SSSR count). The summed E-state index contributed by atoms with van der Waals surface area (Å²) in [5, 5.41) is 3.59. The molecule has 33 heavy (non-hydrogen) atoms. The zero-order valence-electron chi connectivity index (χ0n) is 18.3. The summed E-state index contributed by atoms with van der Waals surface area (Å²) in [5.41, 5.74) is 1.97. The standard InChI is InChI=1S/C24H26F2N4O3/c1-31-8-9-32-17-5-7-30-20(14-28-23(30)12-17)19-3-2-15-10-16(25)11-22(24(15)29-19)33-21-4-6-27-13-18(21)26/h2-3,5,7,10-11,14,17-18,21,27H,4,6,8-9,12-13H2,1H3/t17?,18-,21-/m1/s1. The zero-order chi connectivity index (χ0) is 22.8. The van der Waals surface area contributed by atoms with E-state index in [-0.39, 0.29) is 18.4 Å². The van der Waals surface area contributed by atoms with Gasteiger partial charge in [0, 0.05) is 37.7 Å². The van der Waals surface area contributed by atoms with E-state index < -0.39 is 18.1 Å². The van der Waals surface area contributed by atoms with Gasteiger partial charge >= 0.3 is 0 Å². The van der Waals surface area contributed by atoms with E-state index in [1.165, 1.54) is 12.1 Å². The van der Waals surface area contributed by atoms with E-state index >= 15 is 0 Å². The van der Waals surface area contributed by atoms with Gasteiger partial charge in [0.25, 0.3) is 0 Å². The smallest absolute Gasteiger partial charge is 0.149 e. The number of hydrogen-bond acceptors (Lipinski definition) is 6. The molecule has 3 atom stereocenters. The van der Waals surface area contributed by atoms with E-state index in [0.29, 0.717) is 49.2 Å². The van der Waals surface area contributed by atoms with Crippen molar-refractivity contribution in [2.45, 2.75) is 31.2 Å². The SMILES string of the molecule is COCCOC1C=Cn2c(-c3ccc4cc(F)cc(O[C@@H]5CCNC[C@H]5F)c4n3)cnc2C1. The average molecular weight is 456 g/mol. The van der Waals surface area contributed by atoms with Crippen molar-refractivity contribution in [3.8, 4) is 17.1 Å². The maximum absolute atomic E-state index is 14.3. The van der Waals surface area contributed by atoms with Crippen LogP contribution in [-0.4, -0.2) is 66.3 Å². The Morgan fingerprint density at radius 1 is 1.24 bits per heavy atom. The Morgan fingerprint density at radius 3 is 3.00 bits per heavy atom. The van der Waals surface area contributed by atoms with Crippen LogP contribution >= 0.6 is 0 Å². The summed E-state index contributed by atoms with van der Waals surface area (Å²) in [7, 11) is 1.64. The summed E-state index contributed by atoms with van der Waals surface area (Å²) in [6.45, 7) is 1.93. The van der Waals surface area contributed by atoms with E-state index in [1.807, 2.05) is 22.9 Å². The fourth-order valence-corrected chi connectivity index (χ4v) is 4.23. The highest BCUT2D eigenvalue weighted by Gasteiger charge is 2.27. The van der Waals surface area contributed by atoms with E-state index in [1.54, 1.807) is 19.4 Å². The van der Waals surface area contributed by atoms with Crippen LogP contribution in [0.2, 0.25) is 0 Å². The van der Waals surface area contributed by atoms with Crippen LogP contribution in [0.25, 0.3) is 28.5 Å². The minimum absolute atomic E-state index is 0.0610. The topological polar surface area (TPSA) is 70.4 Å². The van der Waals surface area contributed by atoms with Crippen molar-refractivity contribution in [3.05, 3.63) is 48.2 Å². The lowest BCUT2D eigenvalue weighted by Gasteiger charge is -2.27. The Bertz CT molecular complexity index is 1170. The van der Waals surface area contributed by atoms with Crippen LogP contribution in [-0.2, 0) is 15.9 Å². The van der Waals surface area contributed by atoms with Crippen molar-refractivity contribution >= 4 is 17.1 Å². The van der Waals surface area contributed by atoms with Gasteiger partial charge in [-0.3, -0.25) is 0 Å². The van der Waals surface area contributed by atoms with Crippen molar-refractivity contribution in [1.29, 1.82) is 0 Å². The minimum Gasteiger partial charge on any atom is -0.485 e. The van der Waals surface area contributed by atoms with Gasteiger partial charge < -0.3 is 24.1 Å². The number of piperidine rings is 1. The van der Waals surface area contributed by atoms with Gasteiger partial charge in [0.1, 0.15) is 35.2 Å². The molecule has 1 unspecified atom stereocenters. The lowest BCUT2D eigenvalue weighted by atomic mass is 10.1. The molecule has 2 aromatic heterocycles. The molecule has 0 bridgehead atoms. The van der Waals surface area contributed by atoms with Gasteiger partial charge in [-0.05, 0) is 31.2 Å². The number of fused-ring (bicyclic) bond motifs is 2. The van der Waals surface area contributed by atoms with E-state index in [4.69, 9.17) is 19.2 Å². The number of nitrogens with zero attached hydrogens (tertiary/aromatic N) is 3. The highest BCUT2D eigenvalue weighted by molar-refractivity contribution is 5.86. The summed E-state index contributed by atoms with van der Waals surface area (Å²) >= 11 is 0. The van der Waals surface area contributed by atoms with Gasteiger partial charge in [0.05, 0.1) is 36.9 Å². The van der Waals surface area contributed by atoms with E-state index in [0.717, 1.165) is 11.5 Å². The number of alkyl halides is 1. The molecule has 4 heterocycles. The number of ether oxygens (including phenoxy) is 3. The third-order valence-electron chi connectivity index (χ3n) is 5.94. The van der Waals surface area contributed by atoms with Crippen LogP contribution in [0.1, 0.15) is 12.2 Å². The molecule has 1 fully saturated rings. The summed E-state index contributed by atoms with van der Waals surface area (Å²) < 4.78 is 47.3. The molecule has 0 amide bonds. The third-order valence-corrected chi connectivity index (χ3v) is 5.94. The van der Waals surface area contributed by atoms with Crippen molar-refractivity contribution in [3.63, 3.8) is 0 Å². The number of benzene rings is 1. The lowest BCUT2D eigenvalue weighted by Crippen LogP contribution is -2.44. The van der Waals surface area contributed by atoms with Crippen LogP contribution in [0, 0.1) is 5.82 Å². The molecule has 7 nitrogen and oxygen atoms in total. The number of imidazole rings is 1. The Kier molecular flexibility index (Phi) is 6.34. The molecule has 0 aliphatic carbocycles. The number of nitrogens with one attached hydrogen (secondary N) is 1. The third kappa shape index (κ3) is 4.62. The molecule has 1 aromatic carbocycles. The van der Waals surface area contributed by atoms with Crippen LogP contribution in [0.4, 0.5) is 8.78 Å². The van der Waals surface area contributed by atoms with Crippen molar-refractivity contribution in [2.75, 3.05) is 33.4 Å². The van der Waals surface area contributed by atoms with Crippen LogP contribution < -0.4 is 10.1 Å². The second kappa shape index (κ2) is 9.54. The second-order valence-corrected chi connectivity index (χ2v) is 8.21. The van der Waals surface area contributed by atoms with Crippen molar-refractivity contribution < 1.29 is 23.0 Å². The molecule has 2 aliphatic heterocycles. The normalized spacial score (nSPS) is 22.5. The predicted molar refractivity (Wildman–Crippen MR) is 120 cm³/mol. The molecule has 174 valence electrons. The minimum atomic E-state index is -1.16. The molecule has 0 spiro atoms. The fourth-order valence-electron chi connectivity index (χ4n) is 4.23. The van der Waals surface area contributed by atoms with Gasteiger partial charge in [-0.1, -0.05) is 6.07 Å². The Hall–Kier alpha value is -2.88. The Morgan fingerprint density at radius 2 is 2.15 bits per heavy atom. The van der Waals surface area contributed by atoms with Crippen LogP contribution in [0.15, 0.2) is 36.5 Å². The maximum Gasteiger partial charge on any atom is 0.149 e. The van der Waals surface area contributed by atoms with Crippen molar-refractivity contribution in [2.24, 2.45) is 0 Å². The molecule has 2 aliphatic rings. The van der Waals surface area contributed by atoms with Crippen LogP contribution in [0.3, 0.4) is 0 Å². The molecule has 1 N–H and O–H groups in total. The molecular formula is C24H26F2N4O3. The van der Waals surface area contributed by atoms with Gasteiger partial charge in [-0.25, -0.2) is 18.7 Å². The second-order valence-electron chi connectivity index (χ2n) is 8.21. The van der Waals surface area contributed by atoms with E-state index in [9.17, 15) is 8.78 Å². The predicted octanol–water partition coefficient (Wildman–Crippen LogP) is 3.37. The number of pyridine rings is 1. The number of rotatable bonds is 7. The zero-order valence-corrected chi connectivity index (χ0v) is 18.3. The summed E-state index contributed by atoms with van der Waals surface area (Å²) in [5.74, 6) is 0.671.